The van der Waals surface area contributed by atoms with E-state index in [1.807, 2.05) is 18.3 Å². The fourth-order valence-corrected chi connectivity index (χ4v) is 4.89. The lowest BCUT2D eigenvalue weighted by Gasteiger charge is -2.16. The average molecular weight is 387 g/mol. The molecule has 1 aliphatic heterocycles. The molecule has 29 heavy (non-hydrogen) atoms. The van der Waals surface area contributed by atoms with E-state index in [1.54, 1.807) is 0 Å². The fraction of sp³-hybridized carbons (Fsp3) is 0.360. The van der Waals surface area contributed by atoms with Gasteiger partial charge in [-0.25, -0.2) is 0 Å². The summed E-state index contributed by atoms with van der Waals surface area (Å²) in [4.78, 5) is 0. The zero-order valence-corrected chi connectivity index (χ0v) is 17.7. The molecule has 0 unspecified atom stereocenters. The highest BCUT2D eigenvalue weighted by molar-refractivity contribution is 6.33. The van der Waals surface area contributed by atoms with Gasteiger partial charge in [0.2, 0.25) is 11.4 Å². The van der Waals surface area contributed by atoms with Gasteiger partial charge in [-0.3, -0.25) is 5.01 Å². The van der Waals surface area contributed by atoms with Crippen molar-refractivity contribution >= 4 is 34.3 Å². The maximum absolute atomic E-state index is 6.08. The van der Waals surface area contributed by atoms with Crippen LogP contribution in [-0.4, -0.2) is 30.6 Å². The van der Waals surface area contributed by atoms with Gasteiger partial charge in [0.05, 0.1) is 11.1 Å². The summed E-state index contributed by atoms with van der Waals surface area (Å²) in [6.45, 7) is 4.53. The molecule has 0 radical (unpaired) electrons. The Morgan fingerprint density at radius 2 is 1.90 bits per heavy atom. The second-order valence-electron chi connectivity index (χ2n) is 8.75. The van der Waals surface area contributed by atoms with Gasteiger partial charge in [0.25, 0.3) is 0 Å². The number of hydrogen-bond acceptors (Lipinski definition) is 3. The van der Waals surface area contributed by atoms with Crippen LogP contribution in [0.3, 0.4) is 0 Å². The van der Waals surface area contributed by atoms with Crippen molar-refractivity contribution in [3.63, 3.8) is 0 Å². The van der Waals surface area contributed by atoms with Crippen LogP contribution >= 0.6 is 0 Å². The third-order valence-corrected chi connectivity index (χ3v) is 6.61. The summed E-state index contributed by atoms with van der Waals surface area (Å²) in [6.07, 6.45) is 6.67. The summed E-state index contributed by atoms with van der Waals surface area (Å²) in [5, 5.41) is 8.02. The van der Waals surface area contributed by atoms with Crippen LogP contribution in [0.1, 0.15) is 43.6 Å². The Bertz CT molecular complexity index is 1170. The molecule has 2 aliphatic rings. The van der Waals surface area contributed by atoms with Crippen molar-refractivity contribution < 1.29 is 8.99 Å². The van der Waals surface area contributed by atoms with Gasteiger partial charge in [0.1, 0.15) is 24.6 Å². The van der Waals surface area contributed by atoms with Crippen molar-refractivity contribution in [2.45, 2.75) is 44.9 Å². The second kappa shape index (κ2) is 6.58. The van der Waals surface area contributed by atoms with Gasteiger partial charge in [-0.1, -0.05) is 18.2 Å². The topological polar surface area (TPSA) is 31.8 Å². The number of benzene rings is 2. The molecule has 0 amide bonds. The fourth-order valence-electron chi connectivity index (χ4n) is 4.89. The van der Waals surface area contributed by atoms with E-state index in [0.717, 1.165) is 24.1 Å². The van der Waals surface area contributed by atoms with E-state index in [9.17, 15) is 0 Å². The van der Waals surface area contributed by atoms with Gasteiger partial charge in [-0.05, 0) is 51.3 Å². The minimum atomic E-state index is -0.0662. The molecule has 4 nitrogen and oxygen atoms in total. The van der Waals surface area contributed by atoms with E-state index in [4.69, 9.17) is 9.52 Å². The Morgan fingerprint density at radius 1 is 1.10 bits per heavy atom. The van der Waals surface area contributed by atoms with Gasteiger partial charge >= 0.3 is 0 Å². The zero-order valence-electron chi connectivity index (χ0n) is 17.7. The van der Waals surface area contributed by atoms with E-state index in [-0.39, 0.29) is 5.41 Å². The van der Waals surface area contributed by atoms with Crippen molar-refractivity contribution in [1.82, 2.24) is 0 Å². The van der Waals surface area contributed by atoms with Crippen LogP contribution < -0.4 is 5.01 Å². The highest BCUT2D eigenvalue weighted by Gasteiger charge is 2.43. The summed E-state index contributed by atoms with van der Waals surface area (Å²) in [7, 11) is 4.14. The first kappa shape index (κ1) is 18.2. The Labute approximate surface area is 172 Å². The first-order chi connectivity index (χ1) is 14.0. The van der Waals surface area contributed by atoms with E-state index >= 15 is 0 Å². The highest BCUT2D eigenvalue weighted by Crippen LogP contribution is 2.38. The van der Waals surface area contributed by atoms with Gasteiger partial charge in [-0.15, -0.1) is 0 Å². The zero-order chi connectivity index (χ0) is 20.2. The van der Waals surface area contributed by atoms with Crippen LogP contribution in [0.5, 0.6) is 0 Å². The SMILES string of the molecule is CN(N=CC1=[N+](C)c2ccccc2C1(C)C)c1ccc2oc3c(c2c1)CCCC3. The van der Waals surface area contributed by atoms with E-state index in [2.05, 4.69) is 67.9 Å². The Morgan fingerprint density at radius 3 is 2.72 bits per heavy atom. The number of para-hydroxylation sites is 1. The molecule has 4 heteroatoms. The highest BCUT2D eigenvalue weighted by atomic mass is 16.3. The molecule has 5 rings (SSSR count). The van der Waals surface area contributed by atoms with Crippen LogP contribution in [0.15, 0.2) is 52.0 Å². The molecule has 0 N–H and O–H groups in total. The number of hydrogen-bond donors (Lipinski definition) is 0. The van der Waals surface area contributed by atoms with Crippen LogP contribution in [0.25, 0.3) is 11.0 Å². The van der Waals surface area contributed by atoms with Crippen LogP contribution in [-0.2, 0) is 18.3 Å². The number of aryl methyl sites for hydroxylation is 2. The summed E-state index contributed by atoms with van der Waals surface area (Å²) < 4.78 is 8.33. The lowest BCUT2D eigenvalue weighted by atomic mass is 9.82. The molecule has 0 bridgehead atoms. The first-order valence-electron chi connectivity index (χ1n) is 10.5. The summed E-state index contributed by atoms with van der Waals surface area (Å²) in [5.41, 5.74) is 7.22. The normalized spacial score (nSPS) is 17.8. The second-order valence-corrected chi connectivity index (χ2v) is 8.75. The number of hydrazone groups is 1. The lowest BCUT2D eigenvalue weighted by molar-refractivity contribution is -0.400. The molecule has 0 saturated heterocycles. The van der Waals surface area contributed by atoms with Crippen LogP contribution in [0.2, 0.25) is 0 Å². The van der Waals surface area contributed by atoms with E-state index in [1.165, 1.54) is 46.5 Å². The number of furan rings is 1. The van der Waals surface area contributed by atoms with Crippen molar-refractivity contribution in [2.24, 2.45) is 5.10 Å². The number of fused-ring (bicyclic) bond motifs is 4. The molecule has 3 aromatic rings. The molecule has 0 fully saturated rings. The quantitative estimate of drug-likeness (QED) is 0.341. The molecule has 1 aromatic heterocycles. The van der Waals surface area contributed by atoms with Gasteiger partial charge < -0.3 is 4.42 Å². The molecular weight excluding hydrogens is 358 g/mol. The lowest BCUT2D eigenvalue weighted by Crippen LogP contribution is -2.30. The van der Waals surface area contributed by atoms with Crippen molar-refractivity contribution in [3.8, 4) is 0 Å². The molecule has 148 valence electrons. The largest absolute Gasteiger partial charge is 0.461 e. The molecular formula is C25H28N3O+. The Kier molecular flexibility index (Phi) is 4.12. The van der Waals surface area contributed by atoms with Gasteiger partial charge in [0.15, 0.2) is 0 Å². The smallest absolute Gasteiger partial charge is 0.212 e. The van der Waals surface area contributed by atoms with E-state index < -0.39 is 0 Å². The third-order valence-electron chi connectivity index (χ3n) is 6.61. The monoisotopic (exact) mass is 386 g/mol. The molecule has 0 spiro atoms. The molecule has 2 aromatic carbocycles. The molecule has 0 saturated carbocycles. The van der Waals surface area contributed by atoms with Crippen molar-refractivity contribution in [2.75, 3.05) is 19.1 Å². The maximum Gasteiger partial charge on any atom is 0.212 e. The van der Waals surface area contributed by atoms with Crippen molar-refractivity contribution in [3.05, 3.63) is 59.4 Å². The van der Waals surface area contributed by atoms with E-state index in [0.29, 0.717) is 0 Å². The maximum atomic E-state index is 6.08. The van der Waals surface area contributed by atoms with Crippen molar-refractivity contribution in [1.29, 1.82) is 0 Å². The van der Waals surface area contributed by atoms with Crippen LogP contribution in [0.4, 0.5) is 11.4 Å². The first-order valence-corrected chi connectivity index (χ1v) is 10.5. The number of rotatable bonds is 3. The average Bonchev–Trinajstić information content (AvgIpc) is 3.19. The Balaban J connectivity index is 1.47. The summed E-state index contributed by atoms with van der Waals surface area (Å²) >= 11 is 0. The Hall–Kier alpha value is -2.88. The van der Waals surface area contributed by atoms with Gasteiger partial charge in [0, 0.05) is 36.0 Å². The number of anilines is 1. The number of nitrogens with zero attached hydrogens (tertiary/aromatic N) is 3. The summed E-state index contributed by atoms with van der Waals surface area (Å²) in [5.74, 6) is 1.18. The predicted molar refractivity (Wildman–Crippen MR) is 120 cm³/mol. The predicted octanol–water partition coefficient (Wildman–Crippen LogP) is 5.44. The van der Waals surface area contributed by atoms with Crippen LogP contribution in [0, 0.1) is 0 Å². The molecule has 2 heterocycles. The minimum absolute atomic E-state index is 0.0662. The third kappa shape index (κ3) is 2.81. The standard InChI is InChI=1S/C25H28N3O/c1-25(2)20-10-6-7-11-21(20)27(3)24(25)16-26-28(4)17-13-14-23-19(15-17)18-9-5-8-12-22(18)29-23/h6-7,10-11,13-16H,5,8-9,12H2,1-4H3/q+1. The summed E-state index contributed by atoms with van der Waals surface area (Å²) in [6, 6.07) is 15.0. The minimum Gasteiger partial charge on any atom is -0.461 e. The van der Waals surface area contributed by atoms with Gasteiger partial charge in [-0.2, -0.15) is 9.68 Å². The molecule has 0 atom stereocenters. The molecule has 1 aliphatic carbocycles.